The van der Waals surface area contributed by atoms with Gasteiger partial charge < -0.3 is 4.57 Å². The van der Waals surface area contributed by atoms with E-state index in [0.717, 1.165) is 5.52 Å². The smallest absolute Gasteiger partial charge is 0.277 e. The molecule has 1 aromatic carbocycles. The molecule has 0 atom stereocenters. The molecule has 0 amide bonds. The molecule has 0 saturated carbocycles. The van der Waals surface area contributed by atoms with Gasteiger partial charge in [-0.25, -0.2) is 13.4 Å². The average molecular weight is 308 g/mol. The van der Waals surface area contributed by atoms with Gasteiger partial charge in [-0.15, -0.1) is 0 Å². The fourth-order valence-corrected chi connectivity index (χ4v) is 4.08. The van der Waals surface area contributed by atoms with E-state index in [4.69, 9.17) is 0 Å². The second kappa shape index (κ2) is 4.75. The summed E-state index contributed by atoms with van der Waals surface area (Å²) in [4.78, 5) is 8.17. The molecule has 0 unspecified atom stereocenters. The molecule has 3 rings (SSSR count). The summed E-state index contributed by atoms with van der Waals surface area (Å²) < 4.78 is 28.0. The van der Waals surface area contributed by atoms with Crippen LogP contribution in [0.15, 0.2) is 28.3 Å². The average Bonchev–Trinajstić information content (AvgIpc) is 2.79. The molecule has 104 valence electrons. The van der Waals surface area contributed by atoms with Crippen molar-refractivity contribution in [3.05, 3.63) is 18.2 Å². The Balaban J connectivity index is 2.27. The molecular weight excluding hydrogens is 296 g/mol. The van der Waals surface area contributed by atoms with Crippen LogP contribution >= 0.6 is 12.2 Å². The van der Waals surface area contributed by atoms with Gasteiger partial charge in [0.15, 0.2) is 0 Å². The fourth-order valence-electron chi connectivity index (χ4n) is 2.40. The number of likely N-dealkylation sites (N-methyl/N-ethyl adjacent to an activating group) is 1. The van der Waals surface area contributed by atoms with Gasteiger partial charge in [0.1, 0.15) is 0 Å². The molecule has 1 aromatic heterocycles. The quantitative estimate of drug-likeness (QED) is 0.626. The van der Waals surface area contributed by atoms with E-state index in [1.165, 1.54) is 4.31 Å². The highest BCUT2D eigenvalue weighted by Gasteiger charge is 2.33. The first kappa shape index (κ1) is 13.4. The van der Waals surface area contributed by atoms with Crippen molar-refractivity contribution in [1.29, 1.82) is 0 Å². The van der Waals surface area contributed by atoms with Crippen molar-refractivity contribution in [2.45, 2.75) is 18.6 Å². The number of fused-ring (bicyclic) bond motifs is 3. The molecule has 6 nitrogen and oxygen atoms in total. The summed E-state index contributed by atoms with van der Waals surface area (Å²) in [7, 11) is -3.50. The van der Waals surface area contributed by atoms with E-state index in [9.17, 15) is 8.42 Å². The summed E-state index contributed by atoms with van der Waals surface area (Å²) in [6.07, 6.45) is 0. The maximum atomic E-state index is 12.4. The van der Waals surface area contributed by atoms with Crippen LogP contribution in [-0.2, 0) is 16.6 Å². The number of benzene rings is 1. The largest absolute Gasteiger partial charge is 0.312 e. The van der Waals surface area contributed by atoms with Gasteiger partial charge >= 0.3 is 0 Å². The van der Waals surface area contributed by atoms with Crippen molar-refractivity contribution < 1.29 is 8.42 Å². The van der Waals surface area contributed by atoms with Gasteiger partial charge in [-0.05, 0) is 30.4 Å². The molecule has 0 bridgehead atoms. The van der Waals surface area contributed by atoms with Crippen LogP contribution in [0.25, 0.3) is 11.0 Å². The van der Waals surface area contributed by atoms with Gasteiger partial charge in [-0.1, -0.05) is 6.92 Å². The van der Waals surface area contributed by atoms with Crippen LogP contribution in [0.4, 0.5) is 5.69 Å². The Labute approximate surface area is 121 Å². The van der Waals surface area contributed by atoms with Crippen molar-refractivity contribution in [2.24, 2.45) is 4.99 Å². The summed E-state index contributed by atoms with van der Waals surface area (Å²) in [5, 5.41) is 2.41. The predicted octanol–water partition coefficient (Wildman–Crippen LogP) is 1.79. The summed E-state index contributed by atoms with van der Waals surface area (Å²) in [6.45, 7) is 3.32. The zero-order valence-electron chi connectivity index (χ0n) is 10.8. The van der Waals surface area contributed by atoms with Gasteiger partial charge in [0.2, 0.25) is 5.16 Å². The van der Waals surface area contributed by atoms with Crippen LogP contribution in [0.3, 0.4) is 0 Å². The third-order valence-corrected chi connectivity index (χ3v) is 5.35. The van der Waals surface area contributed by atoms with Crippen LogP contribution in [0.1, 0.15) is 6.92 Å². The number of sulfonamides is 1. The van der Waals surface area contributed by atoms with Gasteiger partial charge in [0.25, 0.3) is 10.0 Å². The third kappa shape index (κ3) is 1.89. The summed E-state index contributed by atoms with van der Waals surface area (Å²) >= 11 is 4.58. The van der Waals surface area contributed by atoms with E-state index in [-0.39, 0.29) is 5.16 Å². The Kier molecular flexibility index (Phi) is 3.18. The molecule has 0 aliphatic carbocycles. The molecule has 1 aliphatic rings. The molecule has 0 radical (unpaired) electrons. The molecule has 8 heteroatoms. The van der Waals surface area contributed by atoms with Crippen molar-refractivity contribution in [3.8, 4) is 0 Å². The monoisotopic (exact) mass is 308 g/mol. The highest BCUT2D eigenvalue weighted by molar-refractivity contribution is 7.89. The Morgan fingerprint density at radius 1 is 1.45 bits per heavy atom. The third-order valence-electron chi connectivity index (χ3n) is 3.37. The molecular formula is C12H12N4O2S2. The van der Waals surface area contributed by atoms with Gasteiger partial charge in [0, 0.05) is 19.6 Å². The first-order chi connectivity index (χ1) is 9.57. The lowest BCUT2D eigenvalue weighted by atomic mass is 10.3. The van der Waals surface area contributed by atoms with E-state index >= 15 is 0 Å². The Morgan fingerprint density at radius 3 is 2.95 bits per heavy atom. The highest BCUT2D eigenvalue weighted by atomic mass is 32.2. The fraction of sp³-hybridized carbons (Fsp3) is 0.333. The van der Waals surface area contributed by atoms with E-state index < -0.39 is 10.0 Å². The zero-order valence-corrected chi connectivity index (χ0v) is 12.4. The van der Waals surface area contributed by atoms with Gasteiger partial charge in [0.05, 0.1) is 21.9 Å². The zero-order chi connectivity index (χ0) is 14.3. The highest BCUT2D eigenvalue weighted by Crippen LogP contribution is 2.28. The summed E-state index contributed by atoms with van der Waals surface area (Å²) in [6, 6.07) is 5.27. The van der Waals surface area contributed by atoms with Crippen LogP contribution < -0.4 is 0 Å². The Morgan fingerprint density at radius 2 is 2.25 bits per heavy atom. The maximum absolute atomic E-state index is 12.4. The first-order valence-corrected chi connectivity index (χ1v) is 8.01. The standard InChI is InChI=1S/C12H12N4O2S2/c1-2-15-5-6-16-11-7-9(13-8-19)3-4-10(11)14-12(16)20(15,17)18/h3-4,7H,2,5-6H2,1H3. The molecule has 0 fully saturated rings. The topological polar surface area (TPSA) is 67.6 Å². The van der Waals surface area contributed by atoms with E-state index in [0.29, 0.717) is 30.8 Å². The summed E-state index contributed by atoms with van der Waals surface area (Å²) in [5.41, 5.74) is 2.04. The lowest BCUT2D eigenvalue weighted by Gasteiger charge is -2.25. The van der Waals surface area contributed by atoms with E-state index in [2.05, 4.69) is 27.4 Å². The predicted molar refractivity (Wildman–Crippen MR) is 78.9 cm³/mol. The number of aliphatic imine (C=N–C) groups is 1. The summed E-state index contributed by atoms with van der Waals surface area (Å²) in [5.74, 6) is 0. The molecule has 20 heavy (non-hydrogen) atoms. The van der Waals surface area contributed by atoms with Crippen LogP contribution in [-0.4, -0.2) is 40.5 Å². The SMILES string of the molecule is CCN1CCn2c(nc3ccc(N=C=S)cc32)S1(=O)=O. The van der Waals surface area contributed by atoms with Crippen LogP contribution in [0, 0.1) is 0 Å². The maximum Gasteiger partial charge on any atom is 0.277 e. The second-order valence-electron chi connectivity index (χ2n) is 4.42. The number of imidazole rings is 1. The van der Waals surface area contributed by atoms with E-state index in [1.54, 1.807) is 22.8 Å². The second-order valence-corrected chi connectivity index (χ2v) is 6.43. The Hall–Kier alpha value is -1.60. The van der Waals surface area contributed by atoms with Crippen molar-refractivity contribution in [2.75, 3.05) is 13.1 Å². The molecule has 2 aromatic rings. The van der Waals surface area contributed by atoms with Crippen molar-refractivity contribution in [3.63, 3.8) is 0 Å². The lowest BCUT2D eigenvalue weighted by Crippen LogP contribution is -2.39. The minimum Gasteiger partial charge on any atom is -0.312 e. The number of hydrogen-bond donors (Lipinski definition) is 0. The minimum atomic E-state index is -3.50. The molecule has 0 N–H and O–H groups in total. The molecule has 1 aliphatic heterocycles. The normalized spacial score (nSPS) is 17.6. The first-order valence-electron chi connectivity index (χ1n) is 6.16. The van der Waals surface area contributed by atoms with Crippen LogP contribution in [0.5, 0.6) is 0 Å². The molecule has 2 heterocycles. The number of isothiocyanates is 1. The molecule has 0 spiro atoms. The van der Waals surface area contributed by atoms with Crippen molar-refractivity contribution in [1.82, 2.24) is 13.9 Å². The van der Waals surface area contributed by atoms with E-state index in [1.807, 2.05) is 6.92 Å². The molecule has 0 saturated heterocycles. The number of rotatable bonds is 2. The lowest BCUT2D eigenvalue weighted by molar-refractivity contribution is 0.369. The number of aromatic nitrogens is 2. The van der Waals surface area contributed by atoms with Crippen molar-refractivity contribution >= 4 is 44.1 Å². The Bertz CT molecular complexity index is 835. The van der Waals surface area contributed by atoms with Gasteiger partial charge in [-0.2, -0.15) is 9.30 Å². The van der Waals surface area contributed by atoms with Gasteiger partial charge in [-0.3, -0.25) is 0 Å². The van der Waals surface area contributed by atoms with Crippen LogP contribution in [0.2, 0.25) is 0 Å². The number of nitrogens with zero attached hydrogens (tertiary/aromatic N) is 4. The number of hydrogen-bond acceptors (Lipinski definition) is 5. The number of thiocarbonyl (C=S) groups is 1. The minimum absolute atomic E-state index is 0.101.